The molecule has 1 N–H and O–H groups in total. The standard InChI is InChI=1S/C18H32N4O2/c1-13(16-11-12-19-22(16)6)20-14-7-9-15(10-8-14)21(5)17(23)24-18(2,3)4/h11-15,20H,7-10H2,1-6H3. The molecule has 0 spiro atoms. The molecule has 1 aromatic rings. The second-order valence-electron chi connectivity index (χ2n) is 7.86. The molecule has 1 saturated carbocycles. The summed E-state index contributed by atoms with van der Waals surface area (Å²) in [7, 11) is 3.82. The first-order chi connectivity index (χ1) is 11.2. The fraction of sp³-hybridized carbons (Fsp3) is 0.778. The molecule has 1 fully saturated rings. The van der Waals surface area contributed by atoms with Crippen LogP contribution in [0.5, 0.6) is 0 Å². The Morgan fingerprint density at radius 1 is 1.38 bits per heavy atom. The molecule has 24 heavy (non-hydrogen) atoms. The van der Waals surface area contributed by atoms with E-state index in [2.05, 4.69) is 23.4 Å². The molecule has 0 aromatic carbocycles. The van der Waals surface area contributed by atoms with Gasteiger partial charge in [-0.25, -0.2) is 4.79 Å². The van der Waals surface area contributed by atoms with Gasteiger partial charge in [-0.1, -0.05) is 0 Å². The van der Waals surface area contributed by atoms with E-state index in [0.29, 0.717) is 6.04 Å². The summed E-state index contributed by atoms with van der Waals surface area (Å²) in [5.41, 5.74) is 0.755. The van der Waals surface area contributed by atoms with E-state index < -0.39 is 5.60 Å². The Kier molecular flexibility index (Phi) is 5.91. The Morgan fingerprint density at radius 2 is 2.00 bits per heavy atom. The van der Waals surface area contributed by atoms with Gasteiger partial charge in [-0.2, -0.15) is 5.10 Å². The van der Waals surface area contributed by atoms with E-state index in [1.54, 1.807) is 4.90 Å². The number of nitrogens with one attached hydrogen (secondary N) is 1. The summed E-state index contributed by atoms with van der Waals surface area (Å²) in [6.07, 6.45) is 5.76. The van der Waals surface area contributed by atoms with Gasteiger partial charge in [0.2, 0.25) is 0 Å². The number of hydrogen-bond acceptors (Lipinski definition) is 4. The van der Waals surface area contributed by atoms with Crippen LogP contribution in [0.25, 0.3) is 0 Å². The molecule has 1 unspecified atom stereocenters. The fourth-order valence-corrected chi connectivity index (χ4v) is 3.36. The van der Waals surface area contributed by atoms with Crippen LogP contribution in [0.2, 0.25) is 0 Å². The van der Waals surface area contributed by atoms with Crippen molar-refractivity contribution in [3.63, 3.8) is 0 Å². The number of rotatable bonds is 4. The van der Waals surface area contributed by atoms with Gasteiger partial charge in [0.15, 0.2) is 0 Å². The molecule has 1 heterocycles. The molecular weight excluding hydrogens is 304 g/mol. The summed E-state index contributed by atoms with van der Waals surface area (Å²) < 4.78 is 7.38. The van der Waals surface area contributed by atoms with Crippen LogP contribution < -0.4 is 5.32 Å². The summed E-state index contributed by atoms with van der Waals surface area (Å²) in [6.45, 7) is 7.88. The van der Waals surface area contributed by atoms with E-state index in [-0.39, 0.29) is 18.2 Å². The Morgan fingerprint density at radius 3 is 2.50 bits per heavy atom. The van der Waals surface area contributed by atoms with Crippen molar-refractivity contribution in [1.82, 2.24) is 20.0 Å². The molecule has 1 aromatic heterocycles. The van der Waals surface area contributed by atoms with Crippen LogP contribution in [-0.2, 0) is 11.8 Å². The van der Waals surface area contributed by atoms with Crippen LogP contribution in [-0.4, -0.2) is 45.5 Å². The van der Waals surface area contributed by atoms with E-state index >= 15 is 0 Å². The fourth-order valence-electron chi connectivity index (χ4n) is 3.36. The number of aromatic nitrogens is 2. The highest BCUT2D eigenvalue weighted by Crippen LogP contribution is 2.25. The second kappa shape index (κ2) is 7.55. The Labute approximate surface area is 145 Å². The maximum Gasteiger partial charge on any atom is 0.410 e. The summed E-state index contributed by atoms with van der Waals surface area (Å²) in [5, 5.41) is 7.93. The smallest absolute Gasteiger partial charge is 0.410 e. The minimum Gasteiger partial charge on any atom is -0.444 e. The summed E-state index contributed by atoms with van der Waals surface area (Å²) in [5.74, 6) is 0. The van der Waals surface area contributed by atoms with Crippen molar-refractivity contribution in [3.8, 4) is 0 Å². The van der Waals surface area contributed by atoms with Gasteiger partial charge in [-0.3, -0.25) is 4.68 Å². The zero-order valence-corrected chi connectivity index (χ0v) is 15.9. The molecule has 6 nitrogen and oxygen atoms in total. The van der Waals surface area contributed by atoms with Crippen LogP contribution in [0, 0.1) is 0 Å². The van der Waals surface area contributed by atoms with Crippen molar-refractivity contribution in [1.29, 1.82) is 0 Å². The Hall–Kier alpha value is -1.56. The van der Waals surface area contributed by atoms with Crippen LogP contribution in [0.15, 0.2) is 12.3 Å². The highest BCUT2D eigenvalue weighted by Gasteiger charge is 2.29. The largest absolute Gasteiger partial charge is 0.444 e. The van der Waals surface area contributed by atoms with Crippen molar-refractivity contribution in [2.75, 3.05) is 7.05 Å². The lowest BCUT2D eigenvalue weighted by atomic mass is 9.90. The molecule has 1 amide bonds. The van der Waals surface area contributed by atoms with E-state index in [1.165, 1.54) is 5.69 Å². The number of hydrogen-bond donors (Lipinski definition) is 1. The van der Waals surface area contributed by atoms with E-state index in [9.17, 15) is 4.79 Å². The van der Waals surface area contributed by atoms with Crippen LogP contribution >= 0.6 is 0 Å². The molecule has 0 radical (unpaired) electrons. The SMILES string of the molecule is CC(NC1CCC(N(C)C(=O)OC(C)(C)C)CC1)c1ccnn1C. The third-order valence-electron chi connectivity index (χ3n) is 4.71. The zero-order chi connectivity index (χ0) is 17.9. The molecule has 1 aliphatic rings. The first-order valence-electron chi connectivity index (χ1n) is 8.87. The van der Waals surface area contributed by atoms with Crippen molar-refractivity contribution in [3.05, 3.63) is 18.0 Å². The Bertz CT molecular complexity index is 541. The molecule has 0 saturated heterocycles. The van der Waals surface area contributed by atoms with E-state index in [4.69, 9.17) is 4.74 Å². The monoisotopic (exact) mass is 336 g/mol. The molecule has 2 rings (SSSR count). The maximum atomic E-state index is 12.2. The lowest BCUT2D eigenvalue weighted by molar-refractivity contribution is 0.0178. The summed E-state index contributed by atoms with van der Waals surface area (Å²) in [6, 6.07) is 3.09. The lowest BCUT2D eigenvalue weighted by Crippen LogP contribution is -2.45. The van der Waals surface area contributed by atoms with Gasteiger partial charge in [-0.15, -0.1) is 0 Å². The van der Waals surface area contributed by atoms with Gasteiger partial charge in [0, 0.05) is 38.4 Å². The van der Waals surface area contributed by atoms with Gasteiger partial charge in [0.05, 0.1) is 5.69 Å². The molecule has 6 heteroatoms. The molecule has 1 aliphatic carbocycles. The van der Waals surface area contributed by atoms with Gasteiger partial charge >= 0.3 is 6.09 Å². The minimum atomic E-state index is -0.442. The van der Waals surface area contributed by atoms with Gasteiger partial charge < -0.3 is 15.0 Å². The predicted molar refractivity (Wildman–Crippen MR) is 94.8 cm³/mol. The van der Waals surface area contributed by atoms with Crippen LogP contribution in [0.1, 0.15) is 65.1 Å². The Balaban J connectivity index is 1.81. The predicted octanol–water partition coefficient (Wildman–Crippen LogP) is 3.25. The third kappa shape index (κ3) is 4.97. The number of aryl methyl sites for hydroxylation is 1. The quantitative estimate of drug-likeness (QED) is 0.917. The van der Waals surface area contributed by atoms with Crippen LogP contribution in [0.4, 0.5) is 4.79 Å². The van der Waals surface area contributed by atoms with Gasteiger partial charge in [0.25, 0.3) is 0 Å². The average molecular weight is 336 g/mol. The number of amides is 1. The maximum absolute atomic E-state index is 12.2. The van der Waals surface area contributed by atoms with Crippen molar-refractivity contribution in [2.45, 2.75) is 77.1 Å². The van der Waals surface area contributed by atoms with E-state index in [0.717, 1.165) is 25.7 Å². The van der Waals surface area contributed by atoms with Crippen molar-refractivity contribution < 1.29 is 9.53 Å². The van der Waals surface area contributed by atoms with Crippen LogP contribution in [0.3, 0.4) is 0 Å². The normalized spacial score (nSPS) is 22.9. The summed E-state index contributed by atoms with van der Waals surface area (Å²) in [4.78, 5) is 14.0. The number of nitrogens with zero attached hydrogens (tertiary/aromatic N) is 3. The van der Waals surface area contributed by atoms with Crippen molar-refractivity contribution >= 4 is 6.09 Å². The average Bonchev–Trinajstić information content (AvgIpc) is 2.92. The zero-order valence-electron chi connectivity index (χ0n) is 15.9. The second-order valence-corrected chi connectivity index (χ2v) is 7.86. The molecule has 1 atom stereocenters. The number of ether oxygens (including phenoxy) is 1. The molecule has 0 aliphatic heterocycles. The first kappa shape index (κ1) is 18.8. The summed E-state index contributed by atoms with van der Waals surface area (Å²) >= 11 is 0. The van der Waals surface area contributed by atoms with Gasteiger partial charge in [0.1, 0.15) is 5.60 Å². The lowest BCUT2D eigenvalue weighted by Gasteiger charge is -2.36. The van der Waals surface area contributed by atoms with Gasteiger partial charge in [-0.05, 0) is 59.4 Å². The first-order valence-corrected chi connectivity index (χ1v) is 8.87. The molecule has 136 valence electrons. The minimum absolute atomic E-state index is 0.220. The van der Waals surface area contributed by atoms with E-state index in [1.807, 2.05) is 45.7 Å². The topological polar surface area (TPSA) is 59.4 Å². The molecular formula is C18H32N4O2. The highest BCUT2D eigenvalue weighted by atomic mass is 16.6. The number of carbonyl (C=O) groups is 1. The third-order valence-corrected chi connectivity index (χ3v) is 4.71. The van der Waals surface area contributed by atoms with Crippen molar-refractivity contribution in [2.24, 2.45) is 7.05 Å². The number of carbonyl (C=O) groups excluding carboxylic acids is 1. The highest BCUT2D eigenvalue weighted by molar-refractivity contribution is 5.68. The molecule has 0 bridgehead atoms.